The number of carbonyl (C=O) groups is 2. The molecular weight excluding hydrogens is 653 g/mol. The van der Waals surface area contributed by atoms with Crippen LogP contribution in [0.2, 0.25) is 0 Å². The molecule has 0 spiro atoms. The van der Waals surface area contributed by atoms with Gasteiger partial charge < -0.3 is 20.1 Å². The molecule has 0 aromatic heterocycles. The van der Waals surface area contributed by atoms with Crippen LogP contribution >= 0.6 is 7.82 Å². The maximum absolute atomic E-state index is 12.5. The summed E-state index contributed by atoms with van der Waals surface area (Å²) >= 11 is 0. The van der Waals surface area contributed by atoms with Gasteiger partial charge in [0.2, 0.25) is 0 Å². The highest BCUT2D eigenvalue weighted by atomic mass is 31.2. The van der Waals surface area contributed by atoms with E-state index in [4.69, 9.17) is 24.3 Å². The third-order valence-electron chi connectivity index (χ3n) is 8.90. The second kappa shape index (κ2) is 37.5. The van der Waals surface area contributed by atoms with E-state index in [0.29, 0.717) is 6.42 Å². The average Bonchev–Trinajstić information content (AvgIpc) is 3.10. The van der Waals surface area contributed by atoms with Crippen LogP contribution < -0.4 is 5.73 Å². The Hall–Kier alpha value is -1.25. The van der Waals surface area contributed by atoms with Crippen LogP contribution in [0.4, 0.5) is 0 Å². The largest absolute Gasteiger partial charge is 0.472 e. The molecule has 50 heavy (non-hydrogen) atoms. The lowest BCUT2D eigenvalue weighted by molar-refractivity contribution is -0.161. The summed E-state index contributed by atoms with van der Waals surface area (Å²) in [5.74, 6) is -0.830. The summed E-state index contributed by atoms with van der Waals surface area (Å²) in [4.78, 5) is 34.8. The number of rotatable bonds is 39. The third kappa shape index (κ3) is 36.5. The number of hydrogen-bond acceptors (Lipinski definition) is 8. The highest BCUT2D eigenvalue weighted by Gasteiger charge is 2.26. The lowest BCUT2D eigenvalue weighted by Gasteiger charge is -2.19. The monoisotopic (exact) mass is 732 g/mol. The maximum atomic E-state index is 12.5. The minimum Gasteiger partial charge on any atom is -0.462 e. The lowest BCUT2D eigenvalue weighted by atomic mass is 10.0. The number of nitrogens with two attached hydrogens (primary N) is 1. The molecule has 0 bridgehead atoms. The maximum Gasteiger partial charge on any atom is 0.472 e. The average molecular weight is 732 g/mol. The normalized spacial score (nSPS) is 13.4. The first kappa shape index (κ1) is 48.8. The summed E-state index contributed by atoms with van der Waals surface area (Å²) in [7, 11) is -4.37. The van der Waals surface area contributed by atoms with Crippen molar-refractivity contribution < 1.29 is 37.6 Å². The minimum absolute atomic E-state index is 0.0547. The number of phosphoric acid groups is 1. The van der Waals surface area contributed by atoms with Gasteiger partial charge in [-0.3, -0.25) is 18.6 Å². The number of hydrogen-bond donors (Lipinski definition) is 2. The SMILES string of the molecule is CCCCCC/C=C\CCCCCCCC(=O)O[C@H](COC(=O)CCCCCCCCCCCCCCCCCC)COP(=O)(O)OCCN. The number of ether oxygens (including phenoxy) is 2. The Morgan fingerprint density at radius 1 is 0.580 bits per heavy atom. The van der Waals surface area contributed by atoms with Gasteiger partial charge >= 0.3 is 19.8 Å². The van der Waals surface area contributed by atoms with Crippen LogP contribution in [0.5, 0.6) is 0 Å². The lowest BCUT2D eigenvalue weighted by Crippen LogP contribution is -2.29. The fourth-order valence-electron chi connectivity index (χ4n) is 5.81. The zero-order valence-electron chi connectivity index (χ0n) is 32.4. The summed E-state index contributed by atoms with van der Waals surface area (Å²) in [6.45, 7) is 3.72. The molecule has 0 aliphatic rings. The van der Waals surface area contributed by atoms with E-state index in [1.165, 1.54) is 116 Å². The molecule has 9 nitrogen and oxygen atoms in total. The molecule has 0 radical (unpaired) electrons. The zero-order valence-corrected chi connectivity index (χ0v) is 33.3. The third-order valence-corrected chi connectivity index (χ3v) is 9.89. The van der Waals surface area contributed by atoms with Gasteiger partial charge in [0.05, 0.1) is 13.2 Å². The quantitative estimate of drug-likeness (QED) is 0.0274. The number of unbranched alkanes of at least 4 members (excludes halogenated alkanes) is 24. The molecule has 0 aliphatic heterocycles. The molecule has 0 fully saturated rings. The number of carbonyl (C=O) groups excluding carboxylic acids is 2. The molecule has 0 heterocycles. The number of phosphoric ester groups is 1. The van der Waals surface area contributed by atoms with Crippen LogP contribution in [0.3, 0.4) is 0 Å². The van der Waals surface area contributed by atoms with Gasteiger partial charge in [-0.25, -0.2) is 4.57 Å². The smallest absolute Gasteiger partial charge is 0.462 e. The molecule has 0 saturated carbocycles. The second-order valence-electron chi connectivity index (χ2n) is 13.9. The van der Waals surface area contributed by atoms with Gasteiger partial charge in [0.1, 0.15) is 6.61 Å². The molecule has 0 aromatic rings. The molecule has 3 N–H and O–H groups in total. The molecule has 0 saturated heterocycles. The van der Waals surface area contributed by atoms with Gasteiger partial charge in [-0.2, -0.15) is 0 Å². The Morgan fingerprint density at radius 2 is 0.980 bits per heavy atom. The van der Waals surface area contributed by atoms with Crippen molar-refractivity contribution in [2.24, 2.45) is 5.73 Å². The van der Waals surface area contributed by atoms with Gasteiger partial charge in [-0.1, -0.05) is 161 Å². The van der Waals surface area contributed by atoms with E-state index in [-0.39, 0.29) is 38.6 Å². The summed E-state index contributed by atoms with van der Waals surface area (Å²) in [5, 5.41) is 0. The van der Waals surface area contributed by atoms with Crippen LogP contribution in [0.1, 0.15) is 200 Å². The van der Waals surface area contributed by atoms with E-state index in [1.54, 1.807) is 0 Å². The molecule has 1 unspecified atom stereocenters. The predicted molar refractivity (Wildman–Crippen MR) is 206 cm³/mol. The van der Waals surface area contributed by atoms with Gasteiger partial charge in [-0.05, 0) is 38.5 Å². The molecule has 2 atom stereocenters. The molecular formula is C40H78NO8P. The van der Waals surface area contributed by atoms with Gasteiger partial charge in [0.25, 0.3) is 0 Å². The Labute approximate surface area is 307 Å². The molecule has 10 heteroatoms. The van der Waals surface area contributed by atoms with Crippen molar-refractivity contribution in [3.63, 3.8) is 0 Å². The van der Waals surface area contributed by atoms with E-state index >= 15 is 0 Å². The van der Waals surface area contributed by atoms with Crippen molar-refractivity contribution in [2.45, 2.75) is 206 Å². The molecule has 296 valence electrons. The van der Waals surface area contributed by atoms with Crippen LogP contribution in [-0.4, -0.2) is 49.3 Å². The van der Waals surface area contributed by atoms with Crippen molar-refractivity contribution in [3.05, 3.63) is 12.2 Å². The first-order valence-electron chi connectivity index (χ1n) is 20.7. The predicted octanol–water partition coefficient (Wildman–Crippen LogP) is 11.4. The van der Waals surface area contributed by atoms with E-state index in [1.807, 2.05) is 0 Å². The second-order valence-corrected chi connectivity index (χ2v) is 15.3. The van der Waals surface area contributed by atoms with Crippen molar-refractivity contribution in [2.75, 3.05) is 26.4 Å². The summed E-state index contributed by atoms with van der Waals surface area (Å²) < 4.78 is 32.7. The van der Waals surface area contributed by atoms with Crippen LogP contribution in [-0.2, 0) is 32.7 Å². The van der Waals surface area contributed by atoms with Crippen molar-refractivity contribution in [1.82, 2.24) is 0 Å². The topological polar surface area (TPSA) is 134 Å². The summed E-state index contributed by atoms with van der Waals surface area (Å²) in [6, 6.07) is 0. The van der Waals surface area contributed by atoms with Crippen LogP contribution in [0, 0.1) is 0 Å². The van der Waals surface area contributed by atoms with E-state index in [0.717, 1.165) is 51.4 Å². The minimum atomic E-state index is -4.37. The van der Waals surface area contributed by atoms with Crippen LogP contribution in [0.25, 0.3) is 0 Å². The molecule has 0 amide bonds. The van der Waals surface area contributed by atoms with Gasteiger partial charge in [0, 0.05) is 19.4 Å². The fourth-order valence-corrected chi connectivity index (χ4v) is 6.57. The summed E-state index contributed by atoms with van der Waals surface area (Å²) in [6.07, 6.45) is 36.6. The van der Waals surface area contributed by atoms with Gasteiger partial charge in [0.15, 0.2) is 6.10 Å². The van der Waals surface area contributed by atoms with E-state index in [9.17, 15) is 19.0 Å². The number of allylic oxidation sites excluding steroid dienone is 2. The highest BCUT2D eigenvalue weighted by Crippen LogP contribution is 2.43. The van der Waals surface area contributed by atoms with Crippen molar-refractivity contribution >= 4 is 19.8 Å². The molecule has 0 aromatic carbocycles. The first-order valence-corrected chi connectivity index (χ1v) is 22.2. The molecule has 0 rings (SSSR count). The molecule has 0 aliphatic carbocycles. The van der Waals surface area contributed by atoms with E-state index in [2.05, 4.69) is 26.0 Å². The highest BCUT2D eigenvalue weighted by molar-refractivity contribution is 7.47. The zero-order chi connectivity index (χ0) is 36.8. The standard InChI is InChI=1S/C40H78NO8P/c1-3-5-7-9-11-13-15-17-18-19-21-22-24-26-28-30-32-39(42)46-36-38(37-48-50(44,45)47-35-34-41)49-40(43)33-31-29-27-25-23-20-16-14-12-10-8-6-4-2/h14,16,38H,3-13,15,17-37,41H2,1-2H3,(H,44,45)/b16-14-/t38-/m1/s1. The Morgan fingerprint density at radius 3 is 1.44 bits per heavy atom. The first-order chi connectivity index (χ1) is 24.3. The van der Waals surface area contributed by atoms with Crippen LogP contribution in [0.15, 0.2) is 12.2 Å². The van der Waals surface area contributed by atoms with Gasteiger partial charge in [-0.15, -0.1) is 0 Å². The Balaban J connectivity index is 4.15. The van der Waals surface area contributed by atoms with Crippen molar-refractivity contribution in [3.8, 4) is 0 Å². The number of esters is 2. The van der Waals surface area contributed by atoms with E-state index < -0.39 is 26.5 Å². The fraction of sp³-hybridized carbons (Fsp3) is 0.900. The Bertz CT molecular complexity index is 840. The summed E-state index contributed by atoms with van der Waals surface area (Å²) in [5.41, 5.74) is 5.34. The Kier molecular flexibility index (Phi) is 36.6. The van der Waals surface area contributed by atoms with Crippen molar-refractivity contribution in [1.29, 1.82) is 0 Å².